The zero-order chi connectivity index (χ0) is 27.4. The van der Waals surface area contributed by atoms with Crippen LogP contribution in [0, 0.1) is 0 Å². The van der Waals surface area contributed by atoms with Crippen molar-refractivity contribution in [1.82, 2.24) is 4.57 Å². The van der Waals surface area contributed by atoms with Crippen LogP contribution in [0.25, 0.3) is 91.8 Å². The van der Waals surface area contributed by atoms with E-state index in [1.165, 1.54) is 91.8 Å². The first-order chi connectivity index (χ1) is 20.8. The number of rotatable bonds is 2. The minimum absolute atomic E-state index is 1.21. The molecule has 0 saturated carbocycles. The summed E-state index contributed by atoms with van der Waals surface area (Å²) in [6.45, 7) is 0. The van der Waals surface area contributed by atoms with E-state index < -0.39 is 0 Å². The number of thiophene rings is 1. The molecule has 2 heteroatoms. The van der Waals surface area contributed by atoms with Crippen LogP contribution in [-0.4, -0.2) is 4.57 Å². The molecule has 0 N–H and O–H groups in total. The lowest BCUT2D eigenvalue weighted by molar-refractivity contribution is 1.19. The Balaban J connectivity index is 1.22. The largest absolute Gasteiger partial charge is 0.309 e. The zero-order valence-electron chi connectivity index (χ0n) is 22.6. The summed E-state index contributed by atoms with van der Waals surface area (Å²) in [5, 5.41) is 7.89. The van der Waals surface area contributed by atoms with Crippen molar-refractivity contribution < 1.29 is 0 Å². The smallest absolute Gasteiger partial charge is 0.0541 e. The van der Waals surface area contributed by atoms with Gasteiger partial charge in [-0.3, -0.25) is 0 Å². The Kier molecular flexibility index (Phi) is 4.39. The van der Waals surface area contributed by atoms with Crippen molar-refractivity contribution in [3.63, 3.8) is 0 Å². The first-order valence-corrected chi connectivity index (χ1v) is 15.3. The molecule has 9 aromatic rings. The summed E-state index contributed by atoms with van der Waals surface area (Å²) in [5.41, 5.74) is 11.5. The van der Waals surface area contributed by atoms with Crippen LogP contribution in [0.4, 0.5) is 0 Å². The van der Waals surface area contributed by atoms with Gasteiger partial charge in [-0.15, -0.1) is 11.3 Å². The van der Waals surface area contributed by atoms with Crippen molar-refractivity contribution in [2.45, 2.75) is 0 Å². The van der Waals surface area contributed by atoms with E-state index in [1.807, 2.05) is 11.3 Å². The van der Waals surface area contributed by atoms with E-state index in [1.54, 1.807) is 0 Å². The molecule has 42 heavy (non-hydrogen) atoms. The van der Waals surface area contributed by atoms with E-state index in [0.29, 0.717) is 0 Å². The summed E-state index contributed by atoms with van der Waals surface area (Å²) < 4.78 is 5.14. The normalized spacial score (nSPS) is 12.3. The summed E-state index contributed by atoms with van der Waals surface area (Å²) in [5.74, 6) is 0. The van der Waals surface area contributed by atoms with Gasteiger partial charge in [0.15, 0.2) is 0 Å². The standard InChI is InChI=1S/C40H23NS/c1-2-10-29-28(9-1)32-13-7-8-26-20-27(23-35(29)40(26)32)41-36-14-5-3-11-30(36)33-21-24(16-18-37(33)41)25-17-19-39-34(22-25)31-12-4-6-15-38(31)42-39/h1-23H. The molecule has 7 aromatic carbocycles. The molecule has 2 aromatic heterocycles. The van der Waals surface area contributed by atoms with Crippen LogP contribution in [0.2, 0.25) is 0 Å². The number of hydrogen-bond donors (Lipinski definition) is 0. The number of aromatic nitrogens is 1. The molecule has 1 aliphatic carbocycles. The van der Waals surface area contributed by atoms with Crippen molar-refractivity contribution in [1.29, 1.82) is 0 Å². The van der Waals surface area contributed by atoms with Crippen molar-refractivity contribution in [2.75, 3.05) is 0 Å². The summed E-state index contributed by atoms with van der Waals surface area (Å²) in [4.78, 5) is 0. The van der Waals surface area contributed by atoms with E-state index in [4.69, 9.17) is 0 Å². The highest BCUT2D eigenvalue weighted by Gasteiger charge is 2.23. The Labute approximate surface area is 246 Å². The van der Waals surface area contributed by atoms with Crippen LogP contribution in [0.5, 0.6) is 0 Å². The lowest BCUT2D eigenvalue weighted by Crippen LogP contribution is -1.94. The van der Waals surface area contributed by atoms with Gasteiger partial charge in [0.1, 0.15) is 0 Å². The van der Waals surface area contributed by atoms with E-state index in [0.717, 1.165) is 0 Å². The topological polar surface area (TPSA) is 4.93 Å². The fourth-order valence-electron chi connectivity index (χ4n) is 7.27. The summed E-state index contributed by atoms with van der Waals surface area (Å²) in [6.07, 6.45) is 0. The number of nitrogens with zero attached hydrogens (tertiary/aromatic N) is 1. The average Bonchev–Trinajstić information content (AvgIpc) is 3.69. The molecule has 0 aliphatic heterocycles. The monoisotopic (exact) mass is 549 g/mol. The highest BCUT2D eigenvalue weighted by Crippen LogP contribution is 2.48. The van der Waals surface area contributed by atoms with Gasteiger partial charge < -0.3 is 4.57 Å². The molecule has 1 nitrogen and oxygen atoms in total. The maximum absolute atomic E-state index is 2.45. The predicted molar refractivity (Wildman–Crippen MR) is 181 cm³/mol. The third kappa shape index (κ3) is 2.97. The molecule has 0 spiro atoms. The van der Waals surface area contributed by atoms with Gasteiger partial charge in [-0.05, 0) is 92.7 Å². The van der Waals surface area contributed by atoms with Crippen LogP contribution in [0.3, 0.4) is 0 Å². The Morgan fingerprint density at radius 1 is 0.405 bits per heavy atom. The van der Waals surface area contributed by atoms with Gasteiger partial charge in [0, 0.05) is 36.6 Å². The molecule has 0 bridgehead atoms. The molecule has 0 atom stereocenters. The maximum atomic E-state index is 2.45. The van der Waals surface area contributed by atoms with Crippen molar-refractivity contribution >= 4 is 64.1 Å². The van der Waals surface area contributed by atoms with Crippen LogP contribution in [-0.2, 0) is 0 Å². The second-order valence-corrected chi connectivity index (χ2v) is 12.4. The second kappa shape index (κ2) is 8.19. The van der Waals surface area contributed by atoms with Gasteiger partial charge in [0.25, 0.3) is 0 Å². The van der Waals surface area contributed by atoms with Crippen LogP contribution in [0.15, 0.2) is 140 Å². The number of hydrogen-bond acceptors (Lipinski definition) is 1. The first kappa shape index (κ1) is 22.5. The molecular formula is C40H23NS. The van der Waals surface area contributed by atoms with Crippen LogP contribution >= 0.6 is 11.3 Å². The minimum atomic E-state index is 1.21. The SMILES string of the molecule is c1ccc2c(c1)-c1cccc3cc(-n4c5ccccc5c5cc(-c6ccc7sc8ccccc8c7c6)ccc54)cc-2c13. The van der Waals surface area contributed by atoms with Gasteiger partial charge in [-0.2, -0.15) is 0 Å². The summed E-state index contributed by atoms with van der Waals surface area (Å²) >= 11 is 1.87. The van der Waals surface area contributed by atoms with Crippen LogP contribution in [0.1, 0.15) is 0 Å². The lowest BCUT2D eigenvalue weighted by Gasteiger charge is -2.12. The van der Waals surface area contributed by atoms with Gasteiger partial charge >= 0.3 is 0 Å². The Hall–Kier alpha value is -5.18. The fourth-order valence-corrected chi connectivity index (χ4v) is 8.35. The van der Waals surface area contributed by atoms with Gasteiger partial charge in [0.05, 0.1) is 11.0 Å². The highest BCUT2D eigenvalue weighted by atomic mass is 32.1. The molecule has 0 radical (unpaired) electrons. The number of benzene rings is 7. The summed E-state index contributed by atoms with van der Waals surface area (Å²) in [6, 6.07) is 51.8. The predicted octanol–water partition coefficient (Wildman–Crippen LogP) is 11.6. The quantitative estimate of drug-likeness (QED) is 0.202. The molecule has 0 unspecified atom stereocenters. The van der Waals surface area contributed by atoms with E-state index in [9.17, 15) is 0 Å². The average molecular weight is 550 g/mol. The molecule has 0 saturated heterocycles. The van der Waals surface area contributed by atoms with Gasteiger partial charge in [0.2, 0.25) is 0 Å². The molecule has 0 amide bonds. The molecular weight excluding hydrogens is 527 g/mol. The van der Waals surface area contributed by atoms with Crippen molar-refractivity contribution in [3.05, 3.63) is 140 Å². The third-order valence-electron chi connectivity index (χ3n) is 9.11. The summed E-state index contributed by atoms with van der Waals surface area (Å²) in [7, 11) is 0. The Morgan fingerprint density at radius 2 is 1.07 bits per heavy atom. The Bertz CT molecular complexity index is 2580. The van der Waals surface area contributed by atoms with E-state index in [-0.39, 0.29) is 0 Å². The third-order valence-corrected chi connectivity index (χ3v) is 10.3. The zero-order valence-corrected chi connectivity index (χ0v) is 23.5. The van der Waals surface area contributed by atoms with E-state index in [2.05, 4.69) is 144 Å². The van der Waals surface area contributed by atoms with Gasteiger partial charge in [-0.1, -0.05) is 91.0 Å². The maximum Gasteiger partial charge on any atom is 0.0541 e. The molecule has 0 fully saturated rings. The second-order valence-electron chi connectivity index (χ2n) is 11.3. The van der Waals surface area contributed by atoms with Crippen molar-refractivity contribution in [3.8, 4) is 39.1 Å². The van der Waals surface area contributed by atoms with Crippen LogP contribution < -0.4 is 0 Å². The molecule has 2 heterocycles. The number of para-hydroxylation sites is 1. The van der Waals surface area contributed by atoms with E-state index >= 15 is 0 Å². The molecule has 10 rings (SSSR count). The minimum Gasteiger partial charge on any atom is -0.309 e. The number of fused-ring (bicyclic) bond motifs is 9. The van der Waals surface area contributed by atoms with Gasteiger partial charge in [-0.25, -0.2) is 0 Å². The molecule has 1 aliphatic rings. The molecule has 194 valence electrons. The first-order valence-electron chi connectivity index (χ1n) is 14.4. The highest BCUT2D eigenvalue weighted by molar-refractivity contribution is 7.25. The Morgan fingerprint density at radius 3 is 1.98 bits per heavy atom. The lowest BCUT2D eigenvalue weighted by atomic mass is 10.0. The van der Waals surface area contributed by atoms with Crippen molar-refractivity contribution in [2.24, 2.45) is 0 Å². The fraction of sp³-hybridized carbons (Fsp3) is 0.